The van der Waals surface area contributed by atoms with Crippen molar-refractivity contribution in [1.82, 2.24) is 0 Å². The quantitative estimate of drug-likeness (QED) is 0.411. The molecule has 23 heavy (non-hydrogen) atoms. The maximum absolute atomic E-state index is 11.5. The van der Waals surface area contributed by atoms with E-state index in [1.807, 2.05) is 60.7 Å². The Kier molecular flexibility index (Phi) is 8.75. The van der Waals surface area contributed by atoms with Crippen molar-refractivity contribution in [3.63, 3.8) is 0 Å². The summed E-state index contributed by atoms with van der Waals surface area (Å²) in [5, 5.41) is 0. The van der Waals surface area contributed by atoms with Gasteiger partial charge in [-0.2, -0.15) is 0 Å². The summed E-state index contributed by atoms with van der Waals surface area (Å²) in [4.78, 5) is 23.0. The number of hydrogen-bond donors (Lipinski definition) is 0. The molecule has 0 aromatic heterocycles. The molecule has 0 N–H and O–H groups in total. The zero-order chi connectivity index (χ0) is 15.6. The molecule has 0 aliphatic carbocycles. The molecule has 2 aromatic carbocycles. The summed E-state index contributed by atoms with van der Waals surface area (Å²) < 4.78 is 10.0. The zero-order valence-electron chi connectivity index (χ0n) is 12.7. The molecule has 5 heteroatoms. The van der Waals surface area contributed by atoms with Crippen molar-refractivity contribution in [2.24, 2.45) is 0 Å². The van der Waals surface area contributed by atoms with E-state index in [1.54, 1.807) is 0 Å². The van der Waals surface area contributed by atoms with Crippen LogP contribution in [-0.2, 0) is 32.3 Å². The fourth-order valence-corrected chi connectivity index (χ4v) is 1.69. The van der Waals surface area contributed by atoms with E-state index < -0.39 is 11.9 Å². The van der Waals surface area contributed by atoms with Gasteiger partial charge in [-0.25, -0.2) is 9.59 Å². The van der Waals surface area contributed by atoms with E-state index >= 15 is 0 Å². The fourth-order valence-electron chi connectivity index (χ4n) is 1.69. The van der Waals surface area contributed by atoms with E-state index in [0.29, 0.717) is 0 Å². The SMILES string of the molecule is O=C(/C=C\C(=O)OCc1ccccc1)OCc1ccccc1.[SnH2]. The van der Waals surface area contributed by atoms with Crippen LogP contribution in [0.15, 0.2) is 72.8 Å². The van der Waals surface area contributed by atoms with Crippen LogP contribution in [0.1, 0.15) is 11.1 Å². The molecule has 0 atom stereocenters. The Balaban J connectivity index is 0.00000264. The molecule has 0 saturated carbocycles. The first kappa shape index (κ1) is 19.0. The molecule has 2 radical (unpaired) electrons. The summed E-state index contributed by atoms with van der Waals surface area (Å²) in [5.74, 6) is -1.17. The van der Waals surface area contributed by atoms with Crippen molar-refractivity contribution in [3.05, 3.63) is 83.9 Å². The van der Waals surface area contributed by atoms with Gasteiger partial charge in [-0.05, 0) is 11.1 Å². The number of rotatable bonds is 6. The molecule has 0 unspecified atom stereocenters. The van der Waals surface area contributed by atoms with Crippen LogP contribution in [0.2, 0.25) is 0 Å². The minimum atomic E-state index is -0.583. The van der Waals surface area contributed by atoms with Gasteiger partial charge in [0.1, 0.15) is 13.2 Å². The Bertz CT molecular complexity index is 581. The molecule has 0 aliphatic heterocycles. The number of esters is 2. The van der Waals surface area contributed by atoms with Crippen molar-refractivity contribution in [2.45, 2.75) is 13.2 Å². The second-order valence-electron chi connectivity index (χ2n) is 4.52. The summed E-state index contributed by atoms with van der Waals surface area (Å²) in [6, 6.07) is 18.6. The Hall–Kier alpha value is -2.08. The van der Waals surface area contributed by atoms with Crippen LogP contribution in [0.5, 0.6) is 0 Å². The topological polar surface area (TPSA) is 52.6 Å². The van der Waals surface area contributed by atoms with E-state index in [4.69, 9.17) is 9.47 Å². The van der Waals surface area contributed by atoms with Crippen LogP contribution < -0.4 is 0 Å². The molecule has 0 heterocycles. The average Bonchev–Trinajstić information content (AvgIpc) is 2.58. The Labute approximate surface area is 152 Å². The third kappa shape index (κ3) is 7.65. The molecule has 0 saturated heterocycles. The summed E-state index contributed by atoms with van der Waals surface area (Å²) in [7, 11) is 0. The van der Waals surface area contributed by atoms with Gasteiger partial charge in [0, 0.05) is 12.2 Å². The van der Waals surface area contributed by atoms with Gasteiger partial charge in [0.15, 0.2) is 0 Å². The summed E-state index contributed by atoms with van der Waals surface area (Å²) >= 11 is 0. The van der Waals surface area contributed by atoms with E-state index in [0.717, 1.165) is 23.3 Å². The molecular weight excluding hydrogens is 399 g/mol. The number of carbonyl (C=O) groups excluding carboxylic acids is 2. The molecule has 2 rings (SSSR count). The summed E-state index contributed by atoms with van der Waals surface area (Å²) in [6.07, 6.45) is 2.13. The Morgan fingerprint density at radius 2 is 1.04 bits per heavy atom. The van der Waals surface area contributed by atoms with Crippen molar-refractivity contribution < 1.29 is 19.1 Å². The van der Waals surface area contributed by atoms with Crippen molar-refractivity contribution in [3.8, 4) is 0 Å². The molecule has 0 spiro atoms. The van der Waals surface area contributed by atoms with E-state index in [-0.39, 0.29) is 37.1 Å². The number of hydrogen-bond acceptors (Lipinski definition) is 4. The van der Waals surface area contributed by atoms with Gasteiger partial charge in [0.05, 0.1) is 0 Å². The summed E-state index contributed by atoms with van der Waals surface area (Å²) in [5.41, 5.74) is 1.77. The molecule has 4 nitrogen and oxygen atoms in total. The van der Waals surface area contributed by atoms with E-state index in [9.17, 15) is 9.59 Å². The van der Waals surface area contributed by atoms with E-state index in [2.05, 4.69) is 0 Å². The van der Waals surface area contributed by atoms with Crippen molar-refractivity contribution in [1.29, 1.82) is 0 Å². The maximum atomic E-state index is 11.5. The van der Waals surface area contributed by atoms with Crippen LogP contribution in [0.4, 0.5) is 0 Å². The zero-order valence-corrected chi connectivity index (χ0v) is 16.7. The molecule has 2 aromatic rings. The number of ether oxygens (including phenoxy) is 2. The second-order valence-corrected chi connectivity index (χ2v) is 4.52. The van der Waals surface area contributed by atoms with Gasteiger partial charge in [-0.3, -0.25) is 0 Å². The van der Waals surface area contributed by atoms with Crippen LogP contribution in [-0.4, -0.2) is 35.8 Å². The predicted molar refractivity (Wildman–Crippen MR) is 90.2 cm³/mol. The Morgan fingerprint density at radius 1 is 0.696 bits per heavy atom. The standard InChI is InChI=1S/C18H16O4.Sn.2H/c19-17(21-13-15-7-3-1-4-8-15)11-12-18(20)22-14-16-9-5-2-6-10-16;;;/h1-12H,13-14H2;;;/b12-11-;;;. The van der Waals surface area contributed by atoms with Crippen LogP contribution in [0.25, 0.3) is 0 Å². The molecule has 0 fully saturated rings. The second kappa shape index (κ2) is 10.6. The first-order chi connectivity index (χ1) is 10.7. The monoisotopic (exact) mass is 418 g/mol. The number of carbonyl (C=O) groups is 2. The van der Waals surface area contributed by atoms with Crippen molar-refractivity contribution in [2.75, 3.05) is 0 Å². The van der Waals surface area contributed by atoms with Gasteiger partial charge >= 0.3 is 35.8 Å². The van der Waals surface area contributed by atoms with Gasteiger partial charge in [-0.1, -0.05) is 60.7 Å². The fraction of sp³-hybridized carbons (Fsp3) is 0.111. The first-order valence-corrected chi connectivity index (χ1v) is 6.83. The first-order valence-electron chi connectivity index (χ1n) is 6.83. The molecule has 0 amide bonds. The van der Waals surface area contributed by atoms with Gasteiger partial charge < -0.3 is 9.47 Å². The van der Waals surface area contributed by atoms with Crippen molar-refractivity contribution >= 4 is 35.8 Å². The van der Waals surface area contributed by atoms with Crippen LogP contribution in [0, 0.1) is 0 Å². The van der Waals surface area contributed by atoms with Gasteiger partial charge in [-0.15, -0.1) is 0 Å². The van der Waals surface area contributed by atoms with Gasteiger partial charge in [0.2, 0.25) is 0 Å². The average molecular weight is 417 g/mol. The molecule has 118 valence electrons. The molecular formula is C18H18O4Sn. The normalized spacial score (nSPS) is 9.91. The summed E-state index contributed by atoms with van der Waals surface area (Å²) in [6.45, 7) is 0.339. The Morgan fingerprint density at radius 3 is 1.39 bits per heavy atom. The van der Waals surface area contributed by atoms with Crippen LogP contribution in [0.3, 0.4) is 0 Å². The molecule has 0 bridgehead atoms. The molecule has 0 aliphatic rings. The minimum absolute atomic E-state index is 0. The number of benzene rings is 2. The van der Waals surface area contributed by atoms with E-state index in [1.165, 1.54) is 0 Å². The third-order valence-corrected chi connectivity index (χ3v) is 2.80. The predicted octanol–water partition coefficient (Wildman–Crippen LogP) is 2.11. The van der Waals surface area contributed by atoms with Crippen LogP contribution >= 0.6 is 0 Å². The van der Waals surface area contributed by atoms with Gasteiger partial charge in [0.25, 0.3) is 0 Å². The third-order valence-electron chi connectivity index (χ3n) is 2.80.